The number of hydrogen-bond acceptors (Lipinski definition) is 4. The number of likely N-dealkylation sites (tertiary alicyclic amines) is 1. The van der Waals surface area contributed by atoms with Gasteiger partial charge in [-0.05, 0) is 29.8 Å². The number of carbonyl (C=O) groups excluding carboxylic acids is 2. The molecule has 1 heterocycles. The van der Waals surface area contributed by atoms with Crippen LogP contribution in [0.25, 0.3) is 5.76 Å². The predicted molar refractivity (Wildman–Crippen MR) is 106 cm³/mol. The lowest BCUT2D eigenvalue weighted by atomic mass is 9.95. The molecular formula is C21H18BrNO4. The molecule has 1 atom stereocenters. The van der Waals surface area contributed by atoms with Gasteiger partial charge in [-0.3, -0.25) is 9.59 Å². The molecule has 1 aliphatic heterocycles. The van der Waals surface area contributed by atoms with Crippen molar-refractivity contribution in [3.05, 3.63) is 82.4 Å². The van der Waals surface area contributed by atoms with Crippen LogP contribution >= 0.6 is 15.9 Å². The minimum atomic E-state index is -0.721. The van der Waals surface area contributed by atoms with Crippen LogP contribution in [0.5, 0.6) is 5.75 Å². The van der Waals surface area contributed by atoms with E-state index in [9.17, 15) is 14.7 Å². The third kappa shape index (κ3) is 3.53. The Morgan fingerprint density at radius 1 is 1.26 bits per heavy atom. The van der Waals surface area contributed by atoms with Crippen LogP contribution in [0.2, 0.25) is 0 Å². The maximum Gasteiger partial charge on any atom is 0.295 e. The smallest absolute Gasteiger partial charge is 0.295 e. The van der Waals surface area contributed by atoms with Crippen molar-refractivity contribution >= 4 is 33.4 Å². The monoisotopic (exact) mass is 427 g/mol. The van der Waals surface area contributed by atoms with Crippen LogP contribution in [0.15, 0.2) is 71.2 Å². The number of ketones is 1. The van der Waals surface area contributed by atoms with Crippen molar-refractivity contribution in [1.29, 1.82) is 0 Å². The van der Waals surface area contributed by atoms with E-state index in [0.29, 0.717) is 16.9 Å². The van der Waals surface area contributed by atoms with E-state index in [0.717, 1.165) is 4.47 Å². The molecule has 0 spiro atoms. The van der Waals surface area contributed by atoms with Crippen molar-refractivity contribution in [2.24, 2.45) is 0 Å². The molecule has 3 rings (SSSR count). The van der Waals surface area contributed by atoms with Crippen LogP contribution in [0, 0.1) is 0 Å². The van der Waals surface area contributed by atoms with Gasteiger partial charge in [-0.25, -0.2) is 0 Å². The number of ether oxygens (including phenoxy) is 1. The van der Waals surface area contributed by atoms with Crippen LogP contribution in [-0.2, 0) is 9.59 Å². The Kier molecular flexibility index (Phi) is 5.46. The third-order valence-corrected chi connectivity index (χ3v) is 4.92. The summed E-state index contributed by atoms with van der Waals surface area (Å²) in [5, 5.41) is 10.9. The zero-order valence-corrected chi connectivity index (χ0v) is 16.3. The summed E-state index contributed by atoms with van der Waals surface area (Å²) in [6.07, 6.45) is 1.55. The quantitative estimate of drug-likeness (QED) is 0.338. The molecule has 1 N–H and O–H groups in total. The Bertz CT molecular complexity index is 933. The summed E-state index contributed by atoms with van der Waals surface area (Å²) in [4.78, 5) is 26.7. The van der Waals surface area contributed by atoms with Crippen molar-refractivity contribution in [2.75, 3.05) is 13.7 Å². The normalized spacial score (nSPS) is 18.6. The van der Waals surface area contributed by atoms with Gasteiger partial charge >= 0.3 is 0 Å². The lowest BCUT2D eigenvalue weighted by molar-refractivity contribution is -0.139. The zero-order chi connectivity index (χ0) is 19.6. The van der Waals surface area contributed by atoms with E-state index < -0.39 is 17.7 Å². The second-order valence-corrected chi connectivity index (χ2v) is 6.94. The van der Waals surface area contributed by atoms with Crippen molar-refractivity contribution in [3.8, 4) is 5.75 Å². The van der Waals surface area contributed by atoms with E-state index in [2.05, 4.69) is 22.5 Å². The van der Waals surface area contributed by atoms with Crippen molar-refractivity contribution < 1.29 is 19.4 Å². The maximum atomic E-state index is 12.7. The number of halogens is 1. The molecule has 1 aliphatic rings. The number of hydrogen-bond donors (Lipinski definition) is 1. The highest BCUT2D eigenvalue weighted by molar-refractivity contribution is 9.10. The number of carbonyl (C=O) groups is 2. The van der Waals surface area contributed by atoms with Gasteiger partial charge in [-0.2, -0.15) is 0 Å². The Morgan fingerprint density at radius 2 is 1.96 bits per heavy atom. The maximum absolute atomic E-state index is 12.7. The lowest BCUT2D eigenvalue weighted by Gasteiger charge is -2.24. The molecule has 1 saturated heterocycles. The first kappa shape index (κ1) is 18.9. The zero-order valence-electron chi connectivity index (χ0n) is 14.7. The van der Waals surface area contributed by atoms with E-state index in [1.807, 2.05) is 0 Å². The van der Waals surface area contributed by atoms with E-state index in [4.69, 9.17) is 4.74 Å². The number of benzene rings is 2. The molecule has 0 saturated carbocycles. The predicted octanol–water partition coefficient (Wildman–Crippen LogP) is 4.07. The molecule has 0 bridgehead atoms. The number of methoxy groups -OCH3 is 1. The molecule has 5 nitrogen and oxygen atoms in total. The molecule has 1 amide bonds. The molecule has 1 fully saturated rings. The molecule has 1 unspecified atom stereocenters. The van der Waals surface area contributed by atoms with Gasteiger partial charge in [0.05, 0.1) is 18.7 Å². The molecule has 6 heteroatoms. The SMILES string of the molecule is C=CCN1C(=O)C(=O)/C(=C(\O)c2ccc(Br)cc2)C1c1cccc(OC)c1. The second-order valence-electron chi connectivity index (χ2n) is 6.02. The van der Waals surface area contributed by atoms with Crippen LogP contribution < -0.4 is 4.74 Å². The number of Topliss-reactive ketones (excluding diaryl/α,β-unsaturated/α-hetero) is 1. The molecule has 2 aromatic rings. The molecule has 138 valence electrons. The summed E-state index contributed by atoms with van der Waals surface area (Å²) in [5.74, 6) is -0.993. The Hall–Kier alpha value is -2.86. The topological polar surface area (TPSA) is 66.8 Å². The number of aliphatic hydroxyl groups excluding tert-OH is 1. The summed E-state index contributed by atoms with van der Waals surface area (Å²) in [5.41, 5.74) is 1.19. The van der Waals surface area contributed by atoms with E-state index in [1.54, 1.807) is 61.7 Å². The van der Waals surface area contributed by atoms with Crippen LogP contribution in [-0.4, -0.2) is 35.4 Å². The molecule has 0 aliphatic carbocycles. The van der Waals surface area contributed by atoms with E-state index in [-0.39, 0.29) is 17.9 Å². The van der Waals surface area contributed by atoms with Gasteiger partial charge in [0.25, 0.3) is 11.7 Å². The van der Waals surface area contributed by atoms with Gasteiger partial charge in [-0.15, -0.1) is 6.58 Å². The van der Waals surface area contributed by atoms with Crippen molar-refractivity contribution in [3.63, 3.8) is 0 Å². The molecule has 2 aromatic carbocycles. The van der Waals surface area contributed by atoms with Gasteiger partial charge < -0.3 is 14.7 Å². The largest absolute Gasteiger partial charge is 0.507 e. The summed E-state index contributed by atoms with van der Waals surface area (Å²) in [7, 11) is 1.54. The van der Waals surface area contributed by atoms with Gasteiger partial charge in [-0.1, -0.05) is 46.3 Å². The molecule has 27 heavy (non-hydrogen) atoms. The van der Waals surface area contributed by atoms with E-state index >= 15 is 0 Å². The minimum Gasteiger partial charge on any atom is -0.507 e. The molecule has 0 aromatic heterocycles. The summed E-state index contributed by atoms with van der Waals surface area (Å²) in [6.45, 7) is 3.85. The first-order chi connectivity index (χ1) is 13.0. The van der Waals surface area contributed by atoms with Gasteiger partial charge in [0.1, 0.15) is 11.5 Å². The fraction of sp³-hybridized carbons (Fsp3) is 0.143. The van der Waals surface area contributed by atoms with Gasteiger partial charge in [0, 0.05) is 16.6 Å². The van der Waals surface area contributed by atoms with Gasteiger partial charge in [0.15, 0.2) is 0 Å². The highest BCUT2D eigenvalue weighted by atomic mass is 79.9. The second kappa shape index (κ2) is 7.80. The number of amides is 1. The summed E-state index contributed by atoms with van der Waals surface area (Å²) < 4.78 is 6.11. The third-order valence-electron chi connectivity index (χ3n) is 4.39. The van der Waals surface area contributed by atoms with Crippen LogP contribution in [0.1, 0.15) is 17.2 Å². The number of rotatable bonds is 5. The highest BCUT2D eigenvalue weighted by Gasteiger charge is 2.45. The van der Waals surface area contributed by atoms with Crippen molar-refractivity contribution in [2.45, 2.75) is 6.04 Å². The summed E-state index contributed by atoms with van der Waals surface area (Å²) in [6, 6.07) is 13.3. The lowest BCUT2D eigenvalue weighted by Crippen LogP contribution is -2.29. The fourth-order valence-electron chi connectivity index (χ4n) is 3.13. The summed E-state index contributed by atoms with van der Waals surface area (Å²) >= 11 is 3.34. The first-order valence-electron chi connectivity index (χ1n) is 8.27. The van der Waals surface area contributed by atoms with Crippen molar-refractivity contribution in [1.82, 2.24) is 4.90 Å². The standard InChI is InChI=1S/C21H18BrNO4/c1-3-11-23-18(14-5-4-6-16(12-14)27-2)17(20(25)21(23)26)19(24)13-7-9-15(22)10-8-13/h3-10,12,18,24H,1,11H2,2H3/b19-17-. The number of nitrogens with zero attached hydrogens (tertiary/aromatic N) is 1. The first-order valence-corrected chi connectivity index (χ1v) is 9.06. The Labute approximate surface area is 165 Å². The minimum absolute atomic E-state index is 0.0532. The average Bonchev–Trinajstić information content (AvgIpc) is 2.93. The molecular weight excluding hydrogens is 410 g/mol. The number of aliphatic hydroxyl groups is 1. The average molecular weight is 428 g/mol. The fourth-order valence-corrected chi connectivity index (χ4v) is 3.39. The van der Waals surface area contributed by atoms with Gasteiger partial charge in [0.2, 0.25) is 0 Å². The Balaban J connectivity index is 2.20. The Morgan fingerprint density at radius 3 is 2.59 bits per heavy atom. The molecule has 0 radical (unpaired) electrons. The highest BCUT2D eigenvalue weighted by Crippen LogP contribution is 2.40. The van der Waals surface area contributed by atoms with E-state index in [1.165, 1.54) is 4.90 Å². The van der Waals surface area contributed by atoms with Crippen LogP contribution in [0.3, 0.4) is 0 Å². The van der Waals surface area contributed by atoms with Crippen LogP contribution in [0.4, 0.5) is 0 Å².